The molecule has 2 amide bonds. The van der Waals surface area contributed by atoms with E-state index in [-0.39, 0.29) is 11.0 Å². The highest BCUT2D eigenvalue weighted by Gasteiger charge is 2.53. The van der Waals surface area contributed by atoms with E-state index in [4.69, 9.17) is 4.74 Å². The molecule has 0 saturated carbocycles. The Kier molecular flexibility index (Phi) is 5.73. The van der Waals surface area contributed by atoms with Crippen molar-refractivity contribution in [1.29, 1.82) is 0 Å². The fourth-order valence-electron chi connectivity index (χ4n) is 3.63. The Labute approximate surface area is 185 Å². The highest BCUT2D eigenvalue weighted by Crippen LogP contribution is 2.47. The zero-order chi connectivity index (χ0) is 22.3. The van der Waals surface area contributed by atoms with E-state index in [1.54, 1.807) is 22.0 Å². The second-order valence-corrected chi connectivity index (χ2v) is 9.86. The number of benzene rings is 1. The van der Waals surface area contributed by atoms with Gasteiger partial charge in [-0.3, -0.25) is 14.9 Å². The lowest BCUT2D eigenvalue weighted by atomic mass is 10.2. The molecule has 4 rings (SSSR count). The number of aromatic nitrogens is 1. The Balaban J connectivity index is 1.37. The van der Waals surface area contributed by atoms with Gasteiger partial charge >= 0.3 is 5.97 Å². The monoisotopic (exact) mass is 467 g/mol. The number of amides is 2. The van der Waals surface area contributed by atoms with Crippen molar-refractivity contribution in [3.8, 4) is 11.3 Å². The molecule has 1 aromatic carbocycles. The van der Waals surface area contributed by atoms with Crippen LogP contribution < -0.4 is 5.32 Å². The molecule has 0 bridgehead atoms. The standard InChI is InChI=1S/C20H19F2N3O4S2/c1-10(29-18(28)15-9-31-20(2)6-5-16(26)25(15)20)17(27)24-19-23-14(8-30-19)11-3-4-12(21)13(22)7-11/h3-4,7-8,10,15H,5-6,9H2,1-2H3,(H,23,24,27)/t10-,15+,20+/m1/s1. The zero-order valence-corrected chi connectivity index (χ0v) is 18.3. The number of esters is 1. The second kappa shape index (κ2) is 8.19. The first-order chi connectivity index (χ1) is 14.7. The number of hydrogen-bond acceptors (Lipinski definition) is 7. The number of carbonyl (C=O) groups is 3. The fourth-order valence-corrected chi connectivity index (χ4v) is 5.77. The van der Waals surface area contributed by atoms with Gasteiger partial charge in [0.25, 0.3) is 5.91 Å². The molecule has 31 heavy (non-hydrogen) atoms. The summed E-state index contributed by atoms with van der Waals surface area (Å²) in [7, 11) is 0. The molecular weight excluding hydrogens is 448 g/mol. The van der Waals surface area contributed by atoms with Crippen LogP contribution in [-0.2, 0) is 19.1 Å². The van der Waals surface area contributed by atoms with Gasteiger partial charge in [0.1, 0.15) is 6.04 Å². The third kappa shape index (κ3) is 4.16. The molecule has 3 atom stereocenters. The van der Waals surface area contributed by atoms with Crippen LogP contribution in [0.5, 0.6) is 0 Å². The minimum Gasteiger partial charge on any atom is -0.451 e. The molecule has 0 unspecified atom stereocenters. The van der Waals surface area contributed by atoms with Crippen LogP contribution in [0.15, 0.2) is 23.6 Å². The van der Waals surface area contributed by atoms with Gasteiger partial charge in [0.05, 0.1) is 10.6 Å². The zero-order valence-electron chi connectivity index (χ0n) is 16.7. The molecule has 3 heterocycles. The van der Waals surface area contributed by atoms with Crippen LogP contribution in [-0.4, -0.2) is 50.4 Å². The van der Waals surface area contributed by atoms with E-state index < -0.39 is 40.5 Å². The molecule has 1 N–H and O–H groups in total. The lowest BCUT2D eigenvalue weighted by Crippen LogP contribution is -2.48. The van der Waals surface area contributed by atoms with Crippen LogP contribution >= 0.6 is 23.1 Å². The molecule has 0 radical (unpaired) electrons. The van der Waals surface area contributed by atoms with Crippen LogP contribution in [0.4, 0.5) is 13.9 Å². The number of nitrogens with zero attached hydrogens (tertiary/aromatic N) is 2. The number of nitrogens with one attached hydrogen (secondary N) is 1. The largest absolute Gasteiger partial charge is 0.451 e. The summed E-state index contributed by atoms with van der Waals surface area (Å²) in [5.74, 6) is -2.80. The fraction of sp³-hybridized carbons (Fsp3) is 0.400. The predicted octanol–water partition coefficient (Wildman–Crippen LogP) is 3.41. The van der Waals surface area contributed by atoms with Crippen LogP contribution in [0, 0.1) is 11.6 Å². The molecule has 1 aromatic heterocycles. The van der Waals surface area contributed by atoms with Gasteiger partial charge in [-0.2, -0.15) is 0 Å². The number of halogens is 2. The number of hydrogen-bond donors (Lipinski definition) is 1. The van der Waals surface area contributed by atoms with Crippen molar-refractivity contribution in [3.63, 3.8) is 0 Å². The van der Waals surface area contributed by atoms with Gasteiger partial charge in [0.2, 0.25) is 5.91 Å². The van der Waals surface area contributed by atoms with E-state index in [0.29, 0.717) is 29.9 Å². The first kappa shape index (κ1) is 21.7. The molecule has 2 aliphatic heterocycles. The Morgan fingerprint density at radius 3 is 2.87 bits per heavy atom. The van der Waals surface area contributed by atoms with E-state index in [0.717, 1.165) is 23.5 Å². The average Bonchev–Trinajstić information content (AvgIpc) is 3.40. The molecule has 164 valence electrons. The Bertz CT molecular complexity index is 1060. The normalized spacial score (nSPS) is 23.5. The number of thiazole rings is 1. The molecule has 0 spiro atoms. The van der Waals surface area contributed by atoms with E-state index in [9.17, 15) is 23.2 Å². The number of anilines is 1. The Hall–Kier alpha value is -2.53. The summed E-state index contributed by atoms with van der Waals surface area (Å²) < 4.78 is 31.8. The molecule has 0 aliphatic carbocycles. The topological polar surface area (TPSA) is 88.6 Å². The van der Waals surface area contributed by atoms with E-state index in [1.807, 2.05) is 6.92 Å². The van der Waals surface area contributed by atoms with Crippen molar-refractivity contribution >= 4 is 46.0 Å². The van der Waals surface area contributed by atoms with Crippen LogP contribution in [0.2, 0.25) is 0 Å². The van der Waals surface area contributed by atoms with Crippen molar-refractivity contribution in [2.24, 2.45) is 0 Å². The first-order valence-corrected chi connectivity index (χ1v) is 11.4. The van der Waals surface area contributed by atoms with Gasteiger partial charge in [-0.1, -0.05) is 0 Å². The molecule has 2 aliphatic rings. The van der Waals surface area contributed by atoms with Gasteiger partial charge in [-0.05, 0) is 38.5 Å². The van der Waals surface area contributed by atoms with Gasteiger partial charge in [-0.25, -0.2) is 18.6 Å². The number of thioether (sulfide) groups is 1. The van der Waals surface area contributed by atoms with E-state index >= 15 is 0 Å². The number of rotatable bonds is 5. The minimum atomic E-state index is -1.10. The van der Waals surface area contributed by atoms with Crippen molar-refractivity contribution in [2.75, 3.05) is 11.1 Å². The molecule has 2 fully saturated rings. The van der Waals surface area contributed by atoms with Gasteiger partial charge in [-0.15, -0.1) is 23.1 Å². The number of carbonyl (C=O) groups excluding carboxylic acids is 3. The summed E-state index contributed by atoms with van der Waals surface area (Å²) in [6, 6.07) is 2.70. The smallest absolute Gasteiger partial charge is 0.330 e. The van der Waals surface area contributed by atoms with E-state index in [2.05, 4.69) is 10.3 Å². The Morgan fingerprint density at radius 2 is 2.13 bits per heavy atom. The van der Waals surface area contributed by atoms with Crippen molar-refractivity contribution < 1.29 is 27.9 Å². The van der Waals surface area contributed by atoms with Gasteiger partial charge in [0, 0.05) is 23.1 Å². The van der Waals surface area contributed by atoms with Crippen molar-refractivity contribution in [2.45, 2.75) is 43.7 Å². The first-order valence-electron chi connectivity index (χ1n) is 9.56. The maximum atomic E-state index is 13.4. The number of fused-ring (bicyclic) bond motifs is 1. The highest BCUT2D eigenvalue weighted by atomic mass is 32.2. The third-order valence-electron chi connectivity index (χ3n) is 5.33. The van der Waals surface area contributed by atoms with Crippen molar-refractivity contribution in [1.82, 2.24) is 9.88 Å². The van der Waals surface area contributed by atoms with Crippen LogP contribution in [0.25, 0.3) is 11.3 Å². The molecule has 7 nitrogen and oxygen atoms in total. The predicted molar refractivity (Wildman–Crippen MR) is 112 cm³/mol. The average molecular weight is 468 g/mol. The second-order valence-electron chi connectivity index (χ2n) is 7.50. The summed E-state index contributed by atoms with van der Waals surface area (Å²) in [6.45, 7) is 3.36. The summed E-state index contributed by atoms with van der Waals surface area (Å²) in [4.78, 5) is 42.6. The maximum absolute atomic E-state index is 13.4. The van der Waals surface area contributed by atoms with E-state index in [1.165, 1.54) is 13.0 Å². The van der Waals surface area contributed by atoms with Gasteiger partial charge < -0.3 is 9.64 Å². The maximum Gasteiger partial charge on any atom is 0.330 e. The highest BCUT2D eigenvalue weighted by molar-refractivity contribution is 8.01. The van der Waals surface area contributed by atoms with Crippen LogP contribution in [0.1, 0.15) is 26.7 Å². The summed E-state index contributed by atoms with van der Waals surface area (Å²) in [6.07, 6.45) is -0.0217. The number of ether oxygens (including phenoxy) is 1. The molecule has 2 aromatic rings. The summed E-state index contributed by atoms with van der Waals surface area (Å²) in [5, 5.41) is 4.37. The van der Waals surface area contributed by atoms with Crippen molar-refractivity contribution in [3.05, 3.63) is 35.2 Å². The lowest BCUT2D eigenvalue weighted by molar-refractivity contribution is -0.160. The summed E-state index contributed by atoms with van der Waals surface area (Å²) in [5.41, 5.74) is 0.742. The van der Waals surface area contributed by atoms with Gasteiger partial charge in [0.15, 0.2) is 22.9 Å². The quantitative estimate of drug-likeness (QED) is 0.678. The molecule has 2 saturated heterocycles. The minimum absolute atomic E-state index is 0.0842. The summed E-state index contributed by atoms with van der Waals surface area (Å²) >= 11 is 2.64. The van der Waals surface area contributed by atoms with Crippen LogP contribution in [0.3, 0.4) is 0 Å². The third-order valence-corrected chi connectivity index (χ3v) is 7.59. The molecular formula is C20H19F2N3O4S2. The molecule has 11 heteroatoms. The SMILES string of the molecule is C[C@@H](OC(=O)[C@@H]1CS[C@@]2(C)CCC(=O)N12)C(=O)Nc1nc(-c2ccc(F)c(F)c2)cs1. The lowest BCUT2D eigenvalue weighted by Gasteiger charge is -2.29. The Morgan fingerprint density at radius 1 is 1.35 bits per heavy atom.